The minimum atomic E-state index is 0.533. The monoisotopic (exact) mass is 188 g/mol. The average Bonchev–Trinajstić information content (AvgIpc) is 2.61. The van der Waals surface area contributed by atoms with Gasteiger partial charge in [-0.25, -0.2) is 0 Å². The summed E-state index contributed by atoms with van der Waals surface area (Å²) in [5.41, 5.74) is 2.41. The summed E-state index contributed by atoms with van der Waals surface area (Å²) < 4.78 is 0. The van der Waals surface area contributed by atoms with Crippen molar-refractivity contribution in [3.63, 3.8) is 0 Å². The normalized spacial score (nSPS) is 10.1. The second-order valence-corrected chi connectivity index (χ2v) is 2.82. The molecule has 14 heavy (non-hydrogen) atoms. The molecule has 0 amide bonds. The fourth-order valence-electron chi connectivity index (χ4n) is 1.20. The summed E-state index contributed by atoms with van der Waals surface area (Å²) in [6, 6.07) is 0. The number of carbonyl (C=O) groups is 1. The number of nitrogens with one attached hydrogen (secondary N) is 1. The smallest absolute Gasteiger partial charge is 0.154 e. The van der Waals surface area contributed by atoms with Crippen LogP contribution in [0.1, 0.15) is 16.1 Å². The number of hydrogen-bond donors (Lipinski definition) is 1. The van der Waals surface area contributed by atoms with E-state index in [2.05, 4.69) is 20.2 Å². The Hall–Kier alpha value is -2.04. The lowest BCUT2D eigenvalue weighted by molar-refractivity contribution is 0.112. The van der Waals surface area contributed by atoms with Crippen LogP contribution in [0.15, 0.2) is 18.6 Å². The van der Waals surface area contributed by atoms with Gasteiger partial charge in [0.1, 0.15) is 11.4 Å². The van der Waals surface area contributed by atoms with Crippen LogP contribution >= 0.6 is 0 Å². The molecule has 70 valence electrons. The molecular formula is C9H8N4O. The molecule has 2 rings (SSSR count). The molecule has 0 radical (unpaired) electrons. The van der Waals surface area contributed by atoms with Crippen molar-refractivity contribution in [3.8, 4) is 11.4 Å². The maximum absolute atomic E-state index is 10.8. The van der Waals surface area contributed by atoms with Crippen molar-refractivity contribution in [2.45, 2.75) is 6.92 Å². The van der Waals surface area contributed by atoms with Gasteiger partial charge in [0.25, 0.3) is 0 Å². The molecule has 0 aromatic carbocycles. The number of aldehydes is 1. The van der Waals surface area contributed by atoms with Crippen LogP contribution in [0.25, 0.3) is 11.4 Å². The maximum atomic E-state index is 10.8. The summed E-state index contributed by atoms with van der Waals surface area (Å²) in [5, 5.41) is 6.74. The van der Waals surface area contributed by atoms with Crippen LogP contribution in [0.5, 0.6) is 0 Å². The lowest BCUT2D eigenvalue weighted by Crippen LogP contribution is -1.89. The minimum Gasteiger partial charge on any atom is -0.298 e. The summed E-state index contributed by atoms with van der Waals surface area (Å²) in [6.45, 7) is 1.79. The Kier molecular flexibility index (Phi) is 2.06. The van der Waals surface area contributed by atoms with E-state index in [0.29, 0.717) is 17.0 Å². The van der Waals surface area contributed by atoms with Crippen LogP contribution in [0.4, 0.5) is 0 Å². The standard InChI is InChI=1S/C9H8N4O/c1-6-7(5-14)9(13-12-6)8-4-10-2-3-11-8/h2-5H,1H3,(H,12,13). The highest BCUT2D eigenvalue weighted by molar-refractivity contribution is 5.85. The fraction of sp³-hybridized carbons (Fsp3) is 0.111. The van der Waals surface area contributed by atoms with E-state index in [-0.39, 0.29) is 0 Å². The summed E-state index contributed by atoms with van der Waals surface area (Å²) in [5.74, 6) is 0. The Morgan fingerprint density at radius 2 is 2.29 bits per heavy atom. The number of hydrogen-bond acceptors (Lipinski definition) is 4. The molecule has 0 spiro atoms. The molecule has 0 saturated carbocycles. The van der Waals surface area contributed by atoms with Crippen molar-refractivity contribution < 1.29 is 4.79 Å². The topological polar surface area (TPSA) is 71.5 Å². The molecule has 1 N–H and O–H groups in total. The highest BCUT2D eigenvalue weighted by Crippen LogP contribution is 2.18. The second-order valence-electron chi connectivity index (χ2n) is 2.82. The molecule has 0 unspecified atom stereocenters. The average molecular weight is 188 g/mol. The zero-order valence-corrected chi connectivity index (χ0v) is 7.56. The van der Waals surface area contributed by atoms with Crippen LogP contribution in [0.2, 0.25) is 0 Å². The first-order chi connectivity index (χ1) is 6.83. The molecule has 0 fully saturated rings. The van der Waals surface area contributed by atoms with Crippen molar-refractivity contribution in [2.75, 3.05) is 0 Å². The third-order valence-electron chi connectivity index (χ3n) is 1.92. The number of carbonyl (C=O) groups excluding carboxylic acids is 1. The number of rotatable bonds is 2. The predicted molar refractivity (Wildman–Crippen MR) is 49.7 cm³/mol. The van der Waals surface area contributed by atoms with Gasteiger partial charge in [0.2, 0.25) is 0 Å². The van der Waals surface area contributed by atoms with Crippen LogP contribution in [-0.4, -0.2) is 26.5 Å². The van der Waals surface area contributed by atoms with Crippen molar-refractivity contribution in [1.82, 2.24) is 20.2 Å². The summed E-state index contributed by atoms with van der Waals surface area (Å²) in [7, 11) is 0. The Morgan fingerprint density at radius 3 is 2.93 bits per heavy atom. The summed E-state index contributed by atoms with van der Waals surface area (Å²) in [6.07, 6.45) is 5.48. The van der Waals surface area contributed by atoms with Gasteiger partial charge in [-0.3, -0.25) is 19.9 Å². The number of nitrogens with zero attached hydrogens (tertiary/aromatic N) is 3. The molecule has 0 aliphatic rings. The van der Waals surface area contributed by atoms with Crippen molar-refractivity contribution in [3.05, 3.63) is 29.8 Å². The van der Waals surface area contributed by atoms with Gasteiger partial charge < -0.3 is 0 Å². The SMILES string of the molecule is Cc1[nH]nc(-c2cnccn2)c1C=O. The van der Waals surface area contributed by atoms with E-state index < -0.39 is 0 Å². The molecule has 2 aromatic heterocycles. The van der Waals surface area contributed by atoms with Gasteiger partial charge >= 0.3 is 0 Å². The maximum Gasteiger partial charge on any atom is 0.154 e. The number of aromatic nitrogens is 4. The lowest BCUT2D eigenvalue weighted by atomic mass is 10.2. The Balaban J connectivity index is 2.57. The molecular weight excluding hydrogens is 180 g/mol. The first kappa shape index (κ1) is 8.55. The van der Waals surface area contributed by atoms with E-state index in [1.54, 1.807) is 25.5 Å². The van der Waals surface area contributed by atoms with Crippen molar-refractivity contribution in [1.29, 1.82) is 0 Å². The van der Waals surface area contributed by atoms with Gasteiger partial charge in [-0.15, -0.1) is 0 Å². The number of aryl methyl sites for hydroxylation is 1. The summed E-state index contributed by atoms with van der Waals surface area (Å²) >= 11 is 0. The fourth-order valence-corrected chi connectivity index (χ4v) is 1.20. The quantitative estimate of drug-likeness (QED) is 0.713. The van der Waals surface area contributed by atoms with Gasteiger partial charge in [0.05, 0.1) is 11.8 Å². The zero-order chi connectivity index (χ0) is 9.97. The Labute approximate surface area is 80.2 Å². The zero-order valence-electron chi connectivity index (χ0n) is 7.56. The summed E-state index contributed by atoms with van der Waals surface area (Å²) in [4.78, 5) is 18.8. The number of H-pyrrole nitrogens is 1. The predicted octanol–water partition coefficient (Wildman–Crippen LogP) is 0.988. The molecule has 0 aliphatic heterocycles. The molecule has 0 saturated heterocycles. The highest BCUT2D eigenvalue weighted by atomic mass is 16.1. The molecule has 0 atom stereocenters. The molecule has 5 heteroatoms. The molecule has 2 heterocycles. The lowest BCUT2D eigenvalue weighted by Gasteiger charge is -1.94. The van der Waals surface area contributed by atoms with Gasteiger partial charge in [-0.1, -0.05) is 0 Å². The first-order valence-corrected chi connectivity index (χ1v) is 4.09. The van der Waals surface area contributed by atoms with Gasteiger partial charge in [0.15, 0.2) is 6.29 Å². The van der Waals surface area contributed by atoms with Gasteiger partial charge in [-0.05, 0) is 6.92 Å². The van der Waals surface area contributed by atoms with E-state index in [4.69, 9.17) is 0 Å². The van der Waals surface area contributed by atoms with Gasteiger partial charge in [-0.2, -0.15) is 5.10 Å². The number of aromatic amines is 1. The molecule has 2 aromatic rings. The van der Waals surface area contributed by atoms with Crippen molar-refractivity contribution in [2.24, 2.45) is 0 Å². The van der Waals surface area contributed by atoms with Gasteiger partial charge in [0, 0.05) is 18.1 Å². The van der Waals surface area contributed by atoms with E-state index in [9.17, 15) is 4.79 Å². The van der Waals surface area contributed by atoms with E-state index in [1.165, 1.54) is 0 Å². The minimum absolute atomic E-state index is 0.533. The Morgan fingerprint density at radius 1 is 1.43 bits per heavy atom. The van der Waals surface area contributed by atoms with E-state index in [0.717, 1.165) is 12.0 Å². The first-order valence-electron chi connectivity index (χ1n) is 4.09. The molecule has 0 aliphatic carbocycles. The molecule has 5 nitrogen and oxygen atoms in total. The van der Waals surface area contributed by atoms with E-state index in [1.807, 2.05) is 0 Å². The van der Waals surface area contributed by atoms with Crippen molar-refractivity contribution >= 4 is 6.29 Å². The molecule has 0 bridgehead atoms. The third kappa shape index (κ3) is 1.28. The third-order valence-corrected chi connectivity index (χ3v) is 1.92. The van der Waals surface area contributed by atoms with Crippen LogP contribution in [-0.2, 0) is 0 Å². The Bertz CT molecular complexity index is 449. The van der Waals surface area contributed by atoms with E-state index >= 15 is 0 Å². The largest absolute Gasteiger partial charge is 0.298 e. The highest BCUT2D eigenvalue weighted by Gasteiger charge is 2.11. The van der Waals surface area contributed by atoms with Crippen LogP contribution in [0.3, 0.4) is 0 Å². The van der Waals surface area contributed by atoms with Crippen LogP contribution < -0.4 is 0 Å². The van der Waals surface area contributed by atoms with Crippen LogP contribution in [0, 0.1) is 6.92 Å². The second kappa shape index (κ2) is 3.37.